The summed E-state index contributed by atoms with van der Waals surface area (Å²) in [6, 6.07) is 9.01. The fraction of sp³-hybridized carbons (Fsp3) is 0.611. The van der Waals surface area contributed by atoms with E-state index in [4.69, 9.17) is 0 Å². The summed E-state index contributed by atoms with van der Waals surface area (Å²) in [4.78, 5) is 14.5. The molecule has 0 aromatic heterocycles. The highest BCUT2D eigenvalue weighted by Crippen LogP contribution is 2.26. The molecule has 1 aromatic rings. The fourth-order valence-electron chi connectivity index (χ4n) is 3.60. The number of fused-ring (bicyclic) bond motifs is 1. The molecule has 0 saturated carbocycles. The van der Waals surface area contributed by atoms with Crippen LogP contribution in [0.2, 0.25) is 0 Å². The number of rotatable bonds is 3. The van der Waals surface area contributed by atoms with Gasteiger partial charge in [-0.2, -0.15) is 0 Å². The molecule has 1 fully saturated rings. The summed E-state index contributed by atoms with van der Waals surface area (Å²) in [7, 11) is 0. The number of benzene rings is 1. The number of hydrogen-bond acceptors (Lipinski definition) is 2. The lowest BCUT2D eigenvalue weighted by molar-refractivity contribution is -0.131. The number of likely N-dealkylation sites (tertiary alicyclic amines) is 1. The van der Waals surface area contributed by atoms with Crippen molar-refractivity contribution in [3.05, 3.63) is 35.4 Å². The first-order valence-electron chi connectivity index (χ1n) is 8.43. The molecule has 1 amide bonds. The quantitative estimate of drug-likeness (QED) is 0.926. The first-order valence-corrected chi connectivity index (χ1v) is 8.43. The Labute approximate surface area is 127 Å². The van der Waals surface area contributed by atoms with Crippen LogP contribution in [0.4, 0.5) is 0 Å². The Balaban J connectivity index is 1.56. The van der Waals surface area contributed by atoms with Crippen molar-refractivity contribution in [1.82, 2.24) is 10.2 Å². The number of nitrogens with one attached hydrogen (secondary N) is 1. The minimum Gasteiger partial charge on any atom is -0.343 e. The number of carbonyl (C=O) groups excluding carboxylic acids is 1. The first kappa shape index (κ1) is 14.6. The predicted octanol–water partition coefficient (Wildman–Crippen LogP) is 3.06. The van der Waals surface area contributed by atoms with Crippen molar-refractivity contribution in [2.75, 3.05) is 19.6 Å². The van der Waals surface area contributed by atoms with E-state index in [1.807, 2.05) is 0 Å². The van der Waals surface area contributed by atoms with Crippen molar-refractivity contribution in [2.45, 2.75) is 51.0 Å². The van der Waals surface area contributed by atoms with Gasteiger partial charge in [0.25, 0.3) is 0 Å². The van der Waals surface area contributed by atoms with Gasteiger partial charge in [-0.05, 0) is 43.4 Å². The maximum atomic E-state index is 12.4. The Morgan fingerprint density at radius 2 is 1.90 bits per heavy atom. The van der Waals surface area contributed by atoms with Crippen LogP contribution in [0.15, 0.2) is 24.3 Å². The molecule has 1 N–H and O–H groups in total. The highest BCUT2D eigenvalue weighted by Gasteiger charge is 2.21. The summed E-state index contributed by atoms with van der Waals surface area (Å²) in [5, 5.41) is 3.58. The second-order valence-electron chi connectivity index (χ2n) is 6.29. The maximum absolute atomic E-state index is 12.4. The lowest BCUT2D eigenvalue weighted by Gasteiger charge is -2.28. The lowest BCUT2D eigenvalue weighted by atomic mass is 9.91. The van der Waals surface area contributed by atoms with E-state index in [1.165, 1.54) is 36.8 Å². The highest BCUT2D eigenvalue weighted by atomic mass is 16.2. The van der Waals surface area contributed by atoms with Gasteiger partial charge in [0, 0.05) is 25.6 Å². The van der Waals surface area contributed by atoms with E-state index in [0.717, 1.165) is 32.5 Å². The number of amides is 1. The SMILES string of the molecule is O=C(CCC1NCCc2ccccc21)N1CCCCCC1. The van der Waals surface area contributed by atoms with Crippen LogP contribution in [0.3, 0.4) is 0 Å². The standard InChI is InChI=1S/C18H26N2O/c21-18(20-13-5-1-2-6-14-20)10-9-17-16-8-4-3-7-15(16)11-12-19-17/h3-4,7-8,17,19H,1-2,5-6,9-14H2. The van der Waals surface area contributed by atoms with Crippen molar-refractivity contribution in [2.24, 2.45) is 0 Å². The van der Waals surface area contributed by atoms with E-state index in [1.54, 1.807) is 0 Å². The molecule has 0 radical (unpaired) electrons. The van der Waals surface area contributed by atoms with Crippen LogP contribution in [-0.2, 0) is 11.2 Å². The zero-order valence-corrected chi connectivity index (χ0v) is 12.8. The minimum atomic E-state index is 0.349. The number of nitrogens with zero attached hydrogens (tertiary/aromatic N) is 1. The second-order valence-corrected chi connectivity index (χ2v) is 6.29. The van der Waals surface area contributed by atoms with Crippen molar-refractivity contribution in [3.63, 3.8) is 0 Å². The van der Waals surface area contributed by atoms with Crippen molar-refractivity contribution in [1.29, 1.82) is 0 Å². The second kappa shape index (κ2) is 7.08. The molecule has 1 aromatic carbocycles. The van der Waals surface area contributed by atoms with Gasteiger partial charge in [-0.15, -0.1) is 0 Å². The van der Waals surface area contributed by atoms with Gasteiger partial charge in [-0.1, -0.05) is 37.1 Å². The Morgan fingerprint density at radius 3 is 2.71 bits per heavy atom. The van der Waals surface area contributed by atoms with Crippen molar-refractivity contribution in [3.8, 4) is 0 Å². The molecule has 0 bridgehead atoms. The van der Waals surface area contributed by atoms with Crippen LogP contribution < -0.4 is 5.32 Å². The number of carbonyl (C=O) groups is 1. The topological polar surface area (TPSA) is 32.3 Å². The number of hydrogen-bond donors (Lipinski definition) is 1. The summed E-state index contributed by atoms with van der Waals surface area (Å²) in [6.45, 7) is 2.96. The smallest absolute Gasteiger partial charge is 0.222 e. The molecule has 2 aliphatic rings. The first-order chi connectivity index (χ1) is 10.3. The predicted molar refractivity (Wildman–Crippen MR) is 85.2 cm³/mol. The lowest BCUT2D eigenvalue weighted by Crippen LogP contribution is -2.34. The van der Waals surface area contributed by atoms with Crippen molar-refractivity contribution < 1.29 is 4.79 Å². The van der Waals surface area contributed by atoms with E-state index < -0.39 is 0 Å². The molecule has 114 valence electrons. The highest BCUT2D eigenvalue weighted by molar-refractivity contribution is 5.76. The molecule has 1 saturated heterocycles. The Hall–Kier alpha value is -1.35. The summed E-state index contributed by atoms with van der Waals surface area (Å²) in [6.07, 6.45) is 7.61. The van der Waals surface area contributed by atoms with E-state index in [2.05, 4.69) is 34.5 Å². The van der Waals surface area contributed by atoms with E-state index in [0.29, 0.717) is 18.4 Å². The van der Waals surface area contributed by atoms with Crippen LogP contribution in [0.5, 0.6) is 0 Å². The molecule has 3 rings (SSSR count). The van der Waals surface area contributed by atoms with Gasteiger partial charge in [0.2, 0.25) is 5.91 Å². The van der Waals surface area contributed by atoms with Gasteiger partial charge >= 0.3 is 0 Å². The van der Waals surface area contributed by atoms with Crippen LogP contribution in [-0.4, -0.2) is 30.4 Å². The maximum Gasteiger partial charge on any atom is 0.222 e. The normalized spacial score (nSPS) is 22.5. The van der Waals surface area contributed by atoms with E-state index >= 15 is 0 Å². The third kappa shape index (κ3) is 3.65. The van der Waals surface area contributed by atoms with Gasteiger partial charge in [0.05, 0.1) is 0 Å². The van der Waals surface area contributed by atoms with Gasteiger partial charge < -0.3 is 10.2 Å². The van der Waals surface area contributed by atoms with Gasteiger partial charge in [0.1, 0.15) is 0 Å². The minimum absolute atomic E-state index is 0.349. The summed E-state index contributed by atoms with van der Waals surface area (Å²) < 4.78 is 0. The van der Waals surface area contributed by atoms with Crippen LogP contribution >= 0.6 is 0 Å². The molecule has 2 heterocycles. The zero-order valence-electron chi connectivity index (χ0n) is 12.8. The molecule has 3 heteroatoms. The third-order valence-corrected chi connectivity index (χ3v) is 4.82. The molecule has 2 aliphatic heterocycles. The average Bonchev–Trinajstić information content (AvgIpc) is 2.82. The molecule has 0 aliphatic carbocycles. The molecular formula is C18H26N2O. The summed E-state index contributed by atoms with van der Waals surface area (Å²) in [5.74, 6) is 0.349. The van der Waals surface area contributed by atoms with Gasteiger partial charge in [0.15, 0.2) is 0 Å². The largest absolute Gasteiger partial charge is 0.343 e. The monoisotopic (exact) mass is 286 g/mol. The molecule has 0 spiro atoms. The molecule has 21 heavy (non-hydrogen) atoms. The molecule has 3 nitrogen and oxygen atoms in total. The fourth-order valence-corrected chi connectivity index (χ4v) is 3.60. The van der Waals surface area contributed by atoms with Crippen LogP contribution in [0.1, 0.15) is 55.7 Å². The third-order valence-electron chi connectivity index (χ3n) is 4.82. The summed E-state index contributed by atoms with van der Waals surface area (Å²) >= 11 is 0. The Bertz CT molecular complexity index is 478. The van der Waals surface area contributed by atoms with Gasteiger partial charge in [-0.3, -0.25) is 4.79 Å². The molecular weight excluding hydrogens is 260 g/mol. The van der Waals surface area contributed by atoms with Crippen LogP contribution in [0.25, 0.3) is 0 Å². The summed E-state index contributed by atoms with van der Waals surface area (Å²) in [5.41, 5.74) is 2.84. The van der Waals surface area contributed by atoms with E-state index in [9.17, 15) is 4.79 Å². The zero-order chi connectivity index (χ0) is 14.5. The Morgan fingerprint density at radius 1 is 1.14 bits per heavy atom. The average molecular weight is 286 g/mol. The molecule has 1 unspecified atom stereocenters. The Kier molecular flexibility index (Phi) is 4.91. The van der Waals surface area contributed by atoms with Crippen molar-refractivity contribution >= 4 is 5.91 Å². The van der Waals surface area contributed by atoms with Gasteiger partial charge in [-0.25, -0.2) is 0 Å². The van der Waals surface area contributed by atoms with E-state index in [-0.39, 0.29) is 0 Å². The molecule has 1 atom stereocenters. The van der Waals surface area contributed by atoms with Crippen LogP contribution in [0, 0.1) is 0 Å².